The van der Waals surface area contributed by atoms with Crippen LogP contribution < -0.4 is 10.7 Å². The first kappa shape index (κ1) is 14.1. The second kappa shape index (κ2) is 4.67. The highest BCUT2D eigenvalue weighted by molar-refractivity contribution is 7.85. The van der Waals surface area contributed by atoms with Gasteiger partial charge < -0.3 is 10.8 Å². The van der Waals surface area contributed by atoms with Crippen molar-refractivity contribution in [3.63, 3.8) is 0 Å². The molecule has 20 heavy (non-hydrogen) atoms. The minimum Gasteiger partial charge on any atom is -0.477 e. The van der Waals surface area contributed by atoms with Gasteiger partial charge in [-0.05, 0) is 24.3 Å². The van der Waals surface area contributed by atoms with E-state index in [2.05, 4.69) is 5.10 Å². The summed E-state index contributed by atoms with van der Waals surface area (Å²) < 4.78 is 30.6. The Morgan fingerprint density at radius 3 is 2.25 bits per heavy atom. The number of aliphatic carboxylic acids is 1. The maximum Gasteiger partial charge on any atom is 0.354 e. The van der Waals surface area contributed by atoms with E-state index in [-0.39, 0.29) is 10.6 Å². The fraction of sp³-hybridized carbons (Fsp3) is 0.100. The first-order valence-corrected chi connectivity index (χ1v) is 6.64. The quantitative estimate of drug-likeness (QED) is 0.608. The fourth-order valence-corrected chi connectivity index (χ4v) is 2.07. The zero-order valence-corrected chi connectivity index (χ0v) is 10.6. The highest BCUT2D eigenvalue weighted by atomic mass is 32.2. The van der Waals surface area contributed by atoms with Gasteiger partial charge in [0, 0.05) is 0 Å². The lowest BCUT2D eigenvalue weighted by Crippen LogP contribution is -2.41. The van der Waals surface area contributed by atoms with Gasteiger partial charge in [0.1, 0.15) is 6.04 Å². The predicted octanol–water partition coefficient (Wildman–Crippen LogP) is -0.952. The number of hydrazone groups is 1. The molecule has 0 aliphatic carbocycles. The van der Waals surface area contributed by atoms with Crippen LogP contribution in [0.15, 0.2) is 34.3 Å². The Hall–Kier alpha value is -2.30. The van der Waals surface area contributed by atoms with Crippen molar-refractivity contribution in [1.29, 1.82) is 0 Å². The normalized spacial score (nSPS) is 19.1. The smallest absolute Gasteiger partial charge is 0.354 e. The molecule has 1 amide bonds. The van der Waals surface area contributed by atoms with Crippen LogP contribution in [0.1, 0.15) is 0 Å². The Labute approximate surface area is 113 Å². The van der Waals surface area contributed by atoms with Crippen LogP contribution in [0.5, 0.6) is 0 Å². The van der Waals surface area contributed by atoms with E-state index in [1.807, 2.05) is 0 Å². The van der Waals surface area contributed by atoms with Crippen LogP contribution in [0.25, 0.3) is 0 Å². The van der Waals surface area contributed by atoms with Crippen molar-refractivity contribution in [2.75, 3.05) is 5.01 Å². The molecule has 0 aromatic heterocycles. The van der Waals surface area contributed by atoms with Gasteiger partial charge in [-0.2, -0.15) is 18.5 Å². The minimum absolute atomic E-state index is 0.133. The molecule has 0 fully saturated rings. The van der Waals surface area contributed by atoms with E-state index >= 15 is 0 Å². The maximum absolute atomic E-state index is 11.8. The van der Waals surface area contributed by atoms with Gasteiger partial charge in [-0.3, -0.25) is 9.35 Å². The van der Waals surface area contributed by atoms with Gasteiger partial charge in [0.15, 0.2) is 5.71 Å². The average Bonchev–Trinajstić information content (AvgIpc) is 2.66. The molecule has 0 bridgehead atoms. The number of amides is 1. The number of anilines is 1. The number of carbonyl (C=O) groups is 2. The molecule has 1 aliphatic heterocycles. The molecular formula is C10H9N3O6S. The minimum atomic E-state index is -4.35. The third-order valence-electron chi connectivity index (χ3n) is 2.58. The van der Waals surface area contributed by atoms with Gasteiger partial charge in [-0.25, -0.2) is 4.79 Å². The summed E-state index contributed by atoms with van der Waals surface area (Å²) in [4.78, 5) is 22.2. The summed E-state index contributed by atoms with van der Waals surface area (Å²) in [6.07, 6.45) is 0. The van der Waals surface area contributed by atoms with Gasteiger partial charge in [0.2, 0.25) is 0 Å². The van der Waals surface area contributed by atoms with Crippen LogP contribution in [-0.4, -0.2) is 41.7 Å². The molecule has 1 atom stereocenters. The standard InChI is InChI=1S/C10H9N3O6S/c11-7-8(10(15)16)12-13(9(7)14)5-1-3-6(4-2-5)20(17,18)19/h1-4,7H,11H2,(H,15,16)(H,17,18,19). The summed E-state index contributed by atoms with van der Waals surface area (Å²) in [5.41, 5.74) is 5.04. The van der Waals surface area contributed by atoms with Crippen LogP contribution in [0, 0.1) is 0 Å². The Kier molecular flexibility index (Phi) is 3.29. The molecule has 0 radical (unpaired) electrons. The second-order valence-corrected chi connectivity index (χ2v) is 5.31. The third kappa shape index (κ3) is 2.39. The molecule has 2 rings (SSSR count). The molecule has 1 aliphatic rings. The number of carboxylic acid groups (broad SMARTS) is 1. The molecule has 10 heteroatoms. The topological polar surface area (TPSA) is 150 Å². The molecule has 1 heterocycles. The summed E-state index contributed by atoms with van der Waals surface area (Å²) in [5.74, 6) is -2.16. The molecule has 1 unspecified atom stereocenters. The molecule has 4 N–H and O–H groups in total. The van der Waals surface area contributed by atoms with Crippen molar-refractivity contribution in [2.24, 2.45) is 10.8 Å². The fourth-order valence-electron chi connectivity index (χ4n) is 1.59. The number of nitrogens with two attached hydrogens (primary N) is 1. The van der Waals surface area contributed by atoms with E-state index in [1.54, 1.807) is 0 Å². The maximum atomic E-state index is 11.8. The van der Waals surface area contributed by atoms with Gasteiger partial charge in [-0.1, -0.05) is 0 Å². The molecule has 0 saturated heterocycles. The number of hydrogen-bond donors (Lipinski definition) is 3. The Balaban J connectivity index is 2.38. The molecule has 0 saturated carbocycles. The molecule has 9 nitrogen and oxygen atoms in total. The Morgan fingerprint density at radius 2 is 1.85 bits per heavy atom. The Bertz CT molecular complexity index is 709. The molecular weight excluding hydrogens is 290 g/mol. The molecule has 106 valence electrons. The summed E-state index contributed by atoms with van der Waals surface area (Å²) in [5, 5.41) is 13.2. The van der Waals surface area contributed by atoms with Gasteiger partial charge in [-0.15, -0.1) is 0 Å². The van der Waals surface area contributed by atoms with E-state index in [0.717, 1.165) is 17.1 Å². The summed E-state index contributed by atoms with van der Waals surface area (Å²) in [6, 6.07) is 3.12. The van der Waals surface area contributed by atoms with Crippen molar-refractivity contribution in [1.82, 2.24) is 0 Å². The van der Waals surface area contributed by atoms with Crippen LogP contribution in [-0.2, 0) is 19.7 Å². The summed E-state index contributed by atoms with van der Waals surface area (Å²) >= 11 is 0. The van der Waals surface area contributed by atoms with E-state index in [4.69, 9.17) is 15.4 Å². The second-order valence-electron chi connectivity index (χ2n) is 3.89. The largest absolute Gasteiger partial charge is 0.477 e. The molecule has 0 spiro atoms. The lowest BCUT2D eigenvalue weighted by molar-refractivity contribution is -0.130. The van der Waals surface area contributed by atoms with Crippen LogP contribution in [0.4, 0.5) is 5.69 Å². The van der Waals surface area contributed by atoms with Gasteiger partial charge >= 0.3 is 5.97 Å². The highest BCUT2D eigenvalue weighted by Gasteiger charge is 2.37. The number of hydrogen-bond acceptors (Lipinski definition) is 6. The third-order valence-corrected chi connectivity index (χ3v) is 3.44. The van der Waals surface area contributed by atoms with E-state index in [9.17, 15) is 18.0 Å². The van der Waals surface area contributed by atoms with Crippen molar-refractivity contribution in [3.8, 4) is 0 Å². The number of benzene rings is 1. The van der Waals surface area contributed by atoms with Gasteiger partial charge in [0.25, 0.3) is 16.0 Å². The lowest BCUT2D eigenvalue weighted by atomic mass is 10.2. The van der Waals surface area contributed by atoms with Crippen LogP contribution in [0.3, 0.4) is 0 Å². The van der Waals surface area contributed by atoms with Crippen LogP contribution >= 0.6 is 0 Å². The van der Waals surface area contributed by atoms with Crippen LogP contribution in [0.2, 0.25) is 0 Å². The number of carbonyl (C=O) groups excluding carboxylic acids is 1. The van der Waals surface area contributed by atoms with Crippen molar-refractivity contribution in [2.45, 2.75) is 10.9 Å². The summed E-state index contributed by atoms with van der Waals surface area (Å²) in [6.45, 7) is 0. The SMILES string of the molecule is NC1C(=O)N(c2ccc(S(=O)(=O)O)cc2)N=C1C(=O)O. The monoisotopic (exact) mass is 299 g/mol. The predicted molar refractivity (Wildman–Crippen MR) is 66.8 cm³/mol. The number of rotatable bonds is 3. The molecule has 1 aromatic carbocycles. The highest BCUT2D eigenvalue weighted by Crippen LogP contribution is 2.22. The first-order valence-electron chi connectivity index (χ1n) is 5.20. The van der Waals surface area contributed by atoms with E-state index < -0.39 is 33.7 Å². The average molecular weight is 299 g/mol. The Morgan fingerprint density at radius 1 is 1.30 bits per heavy atom. The van der Waals surface area contributed by atoms with Crippen molar-refractivity contribution in [3.05, 3.63) is 24.3 Å². The number of carboxylic acids is 1. The first-order chi connectivity index (χ1) is 9.21. The lowest BCUT2D eigenvalue weighted by Gasteiger charge is -2.12. The number of nitrogens with zero attached hydrogens (tertiary/aromatic N) is 2. The zero-order valence-electron chi connectivity index (χ0n) is 9.79. The van der Waals surface area contributed by atoms with Crippen molar-refractivity contribution >= 4 is 33.4 Å². The molecule has 1 aromatic rings. The zero-order chi connectivity index (χ0) is 15.1. The van der Waals surface area contributed by atoms with E-state index in [0.29, 0.717) is 0 Å². The van der Waals surface area contributed by atoms with Gasteiger partial charge in [0.05, 0.1) is 10.6 Å². The van der Waals surface area contributed by atoms with E-state index in [1.165, 1.54) is 12.1 Å². The van der Waals surface area contributed by atoms with Crippen molar-refractivity contribution < 1.29 is 27.7 Å². The summed E-state index contributed by atoms with van der Waals surface area (Å²) in [7, 11) is -4.35.